The van der Waals surface area contributed by atoms with Crippen molar-refractivity contribution >= 4 is 28.2 Å². The van der Waals surface area contributed by atoms with Crippen molar-refractivity contribution in [1.29, 1.82) is 0 Å². The Bertz CT molecular complexity index is 1090. The molecular formula is C17H13N5O4. The minimum atomic E-state index is -0.475. The lowest BCUT2D eigenvalue weighted by atomic mass is 10.2. The number of fused-ring (bicyclic) bond motifs is 2. The lowest BCUT2D eigenvalue weighted by molar-refractivity contribution is -0.384. The molecule has 2 heterocycles. The van der Waals surface area contributed by atoms with Crippen molar-refractivity contribution in [3.8, 4) is 0 Å². The number of nitro groups is 1. The third kappa shape index (κ3) is 2.75. The van der Waals surface area contributed by atoms with E-state index in [2.05, 4.69) is 15.5 Å². The number of benzene rings is 2. The van der Waals surface area contributed by atoms with Gasteiger partial charge in [0, 0.05) is 12.1 Å². The van der Waals surface area contributed by atoms with E-state index in [0.29, 0.717) is 35.6 Å². The number of hydrogen-bond donors (Lipinski definition) is 1. The molecule has 0 spiro atoms. The maximum absolute atomic E-state index is 12.6. The number of para-hydroxylation sites is 1. The van der Waals surface area contributed by atoms with Crippen molar-refractivity contribution in [1.82, 2.24) is 9.55 Å². The number of anilines is 1. The Balaban J connectivity index is 1.70. The molecule has 0 amide bonds. The van der Waals surface area contributed by atoms with Crippen LogP contribution in [0.3, 0.4) is 0 Å². The molecular weight excluding hydrogens is 338 g/mol. The second-order valence-electron chi connectivity index (χ2n) is 5.59. The van der Waals surface area contributed by atoms with E-state index in [1.807, 2.05) is 6.07 Å². The minimum Gasteiger partial charge on any atom is -0.472 e. The Morgan fingerprint density at radius 2 is 1.96 bits per heavy atom. The molecule has 1 N–H and O–H groups in total. The predicted octanol–water partition coefficient (Wildman–Crippen LogP) is 2.11. The van der Waals surface area contributed by atoms with Gasteiger partial charge in [-0.25, -0.2) is 4.98 Å². The number of non-ortho nitro benzene ring substituents is 1. The van der Waals surface area contributed by atoms with Crippen molar-refractivity contribution in [3.63, 3.8) is 0 Å². The molecule has 0 atom stereocenters. The number of rotatable bonds is 3. The fourth-order valence-corrected chi connectivity index (χ4v) is 2.69. The lowest BCUT2D eigenvalue weighted by Crippen LogP contribution is -2.35. The van der Waals surface area contributed by atoms with Crippen LogP contribution in [0, 0.1) is 10.1 Å². The van der Waals surface area contributed by atoms with Crippen LogP contribution in [0.5, 0.6) is 0 Å². The first-order valence-electron chi connectivity index (χ1n) is 7.84. The fourth-order valence-electron chi connectivity index (χ4n) is 2.69. The van der Waals surface area contributed by atoms with Crippen molar-refractivity contribution in [2.75, 3.05) is 12.0 Å². The maximum Gasteiger partial charge on any atom is 0.275 e. The molecule has 1 aliphatic heterocycles. The molecule has 4 rings (SSSR count). The maximum atomic E-state index is 12.6. The Morgan fingerprint density at radius 1 is 1.19 bits per heavy atom. The number of aromatic nitrogens is 2. The van der Waals surface area contributed by atoms with E-state index in [1.165, 1.54) is 28.8 Å². The molecule has 0 bridgehead atoms. The average Bonchev–Trinajstić information content (AvgIpc) is 2.67. The van der Waals surface area contributed by atoms with Gasteiger partial charge in [-0.3, -0.25) is 24.9 Å². The Hall–Kier alpha value is -3.75. The zero-order valence-electron chi connectivity index (χ0n) is 13.5. The number of hydrazone groups is 1. The quantitative estimate of drug-likeness (QED) is 0.571. The van der Waals surface area contributed by atoms with E-state index in [9.17, 15) is 14.9 Å². The molecule has 0 saturated heterocycles. The third-order valence-corrected chi connectivity index (χ3v) is 3.97. The topological polar surface area (TPSA) is 112 Å². The van der Waals surface area contributed by atoms with E-state index >= 15 is 0 Å². The van der Waals surface area contributed by atoms with Gasteiger partial charge in [0.1, 0.15) is 6.61 Å². The summed E-state index contributed by atoms with van der Waals surface area (Å²) in [4.78, 5) is 27.3. The van der Waals surface area contributed by atoms with Crippen molar-refractivity contribution in [2.24, 2.45) is 5.10 Å². The Morgan fingerprint density at radius 3 is 2.73 bits per heavy atom. The van der Waals surface area contributed by atoms with Gasteiger partial charge in [0.15, 0.2) is 0 Å². The molecule has 26 heavy (non-hydrogen) atoms. The van der Waals surface area contributed by atoms with Crippen LogP contribution in [0.25, 0.3) is 10.9 Å². The van der Waals surface area contributed by atoms with E-state index in [0.717, 1.165) is 0 Å². The molecule has 0 aliphatic carbocycles. The third-order valence-electron chi connectivity index (χ3n) is 3.97. The molecule has 0 radical (unpaired) electrons. The summed E-state index contributed by atoms with van der Waals surface area (Å²) < 4.78 is 7.08. The van der Waals surface area contributed by atoms with Crippen LogP contribution >= 0.6 is 0 Å². The van der Waals surface area contributed by atoms with Gasteiger partial charge in [0.05, 0.1) is 28.1 Å². The number of nitro benzene ring substituents is 1. The highest BCUT2D eigenvalue weighted by Crippen LogP contribution is 2.16. The summed E-state index contributed by atoms with van der Waals surface area (Å²) in [6.07, 6.45) is 0. The summed E-state index contributed by atoms with van der Waals surface area (Å²) in [5, 5.41) is 15.4. The Labute approximate surface area is 146 Å². The first-order valence-corrected chi connectivity index (χ1v) is 7.84. The van der Waals surface area contributed by atoms with Gasteiger partial charge in [0.2, 0.25) is 5.82 Å². The van der Waals surface area contributed by atoms with Crippen molar-refractivity contribution in [3.05, 3.63) is 74.8 Å². The number of ether oxygens (including phenoxy) is 1. The van der Waals surface area contributed by atoms with Gasteiger partial charge in [0.25, 0.3) is 17.1 Å². The van der Waals surface area contributed by atoms with E-state index in [1.54, 1.807) is 18.2 Å². The van der Waals surface area contributed by atoms with E-state index < -0.39 is 4.92 Å². The minimum absolute atomic E-state index is 0.0119. The molecule has 0 fully saturated rings. The van der Waals surface area contributed by atoms with Crippen molar-refractivity contribution < 1.29 is 9.66 Å². The second kappa shape index (κ2) is 6.28. The second-order valence-corrected chi connectivity index (χ2v) is 5.59. The normalized spacial score (nSPS) is 14.7. The van der Waals surface area contributed by atoms with E-state index in [4.69, 9.17) is 4.74 Å². The number of nitrogens with zero attached hydrogens (tertiary/aromatic N) is 4. The summed E-state index contributed by atoms with van der Waals surface area (Å²) in [5.74, 6) is 0.534. The first kappa shape index (κ1) is 15.8. The highest BCUT2D eigenvalue weighted by molar-refractivity contribution is 5.93. The standard InChI is InChI=1S/C17H13N5O4/c23-17-13-3-1-2-4-14(13)18-15-16(26-10-9-21(15)17)20-19-11-5-7-12(8-6-11)22(24)25/h1-8,19H,9-10H2/b20-16-. The van der Waals surface area contributed by atoms with Crippen LogP contribution < -0.4 is 11.0 Å². The smallest absolute Gasteiger partial charge is 0.275 e. The van der Waals surface area contributed by atoms with Gasteiger partial charge >= 0.3 is 0 Å². The first-order chi connectivity index (χ1) is 12.6. The van der Waals surface area contributed by atoms with Gasteiger partial charge in [-0.15, -0.1) is 5.10 Å². The zero-order chi connectivity index (χ0) is 18.1. The van der Waals surface area contributed by atoms with Crippen molar-refractivity contribution in [2.45, 2.75) is 6.54 Å². The summed E-state index contributed by atoms with van der Waals surface area (Å²) in [6, 6.07) is 12.9. The predicted molar refractivity (Wildman–Crippen MR) is 95.2 cm³/mol. The van der Waals surface area contributed by atoms with Crippen LogP contribution in [0.4, 0.5) is 11.4 Å². The molecule has 1 aromatic heterocycles. The van der Waals surface area contributed by atoms with Gasteiger partial charge in [-0.05, 0) is 24.3 Å². The van der Waals surface area contributed by atoms with Crippen LogP contribution in [-0.4, -0.2) is 27.0 Å². The van der Waals surface area contributed by atoms with Gasteiger partial charge < -0.3 is 4.74 Å². The van der Waals surface area contributed by atoms with Gasteiger partial charge in [-0.2, -0.15) is 0 Å². The van der Waals surface area contributed by atoms with Crippen LogP contribution in [-0.2, 0) is 11.3 Å². The van der Waals surface area contributed by atoms with E-state index in [-0.39, 0.29) is 17.1 Å². The molecule has 2 aromatic carbocycles. The lowest BCUT2D eigenvalue weighted by Gasteiger charge is -2.20. The molecule has 0 unspecified atom stereocenters. The summed E-state index contributed by atoms with van der Waals surface area (Å²) in [6.45, 7) is 0.691. The van der Waals surface area contributed by atoms with Crippen LogP contribution in [0.1, 0.15) is 5.82 Å². The summed E-state index contributed by atoms with van der Waals surface area (Å²) in [7, 11) is 0. The molecule has 9 heteroatoms. The van der Waals surface area contributed by atoms with Crippen LogP contribution in [0.2, 0.25) is 0 Å². The molecule has 0 saturated carbocycles. The average molecular weight is 351 g/mol. The monoisotopic (exact) mass is 351 g/mol. The molecule has 9 nitrogen and oxygen atoms in total. The molecule has 1 aliphatic rings. The largest absolute Gasteiger partial charge is 0.472 e. The highest BCUT2D eigenvalue weighted by Gasteiger charge is 2.21. The fraction of sp³-hybridized carbons (Fsp3) is 0.118. The van der Waals surface area contributed by atoms with Crippen LogP contribution in [0.15, 0.2) is 58.4 Å². The summed E-state index contributed by atoms with van der Waals surface area (Å²) >= 11 is 0. The SMILES string of the molecule is O=c1c2ccccc2nc2n1CCO/C2=N\Nc1ccc([N+](=O)[O-])cc1. The Kier molecular flexibility index (Phi) is 3.81. The zero-order valence-corrected chi connectivity index (χ0v) is 13.5. The summed E-state index contributed by atoms with van der Waals surface area (Å²) in [5.41, 5.74) is 3.74. The number of nitrogens with one attached hydrogen (secondary N) is 1. The number of hydrogen-bond acceptors (Lipinski definition) is 7. The molecule has 130 valence electrons. The highest BCUT2D eigenvalue weighted by atomic mass is 16.6. The van der Waals surface area contributed by atoms with Gasteiger partial charge in [-0.1, -0.05) is 12.1 Å². The molecule has 3 aromatic rings.